The molecule has 220 valence electrons. The fourth-order valence-electron chi connectivity index (χ4n) is 5.21. The van der Waals surface area contributed by atoms with E-state index in [0.717, 1.165) is 56.3 Å². The average molecular weight is 591 g/mol. The predicted molar refractivity (Wildman–Crippen MR) is 164 cm³/mol. The molecule has 1 aliphatic heterocycles. The molecule has 0 atom stereocenters. The summed E-state index contributed by atoms with van der Waals surface area (Å²) in [6, 6.07) is 9.51. The molecule has 0 amide bonds. The maximum absolute atomic E-state index is 12.6. The minimum absolute atomic E-state index is 0.256. The van der Waals surface area contributed by atoms with Gasteiger partial charge in [-0.05, 0) is 61.9 Å². The summed E-state index contributed by atoms with van der Waals surface area (Å²) in [6.07, 6.45) is 9.36. The fourth-order valence-corrected chi connectivity index (χ4v) is 5.73. The van der Waals surface area contributed by atoms with Crippen LogP contribution in [-0.4, -0.2) is 73.1 Å². The van der Waals surface area contributed by atoms with Crippen molar-refractivity contribution in [2.45, 2.75) is 37.7 Å². The number of nitrogens with one attached hydrogen (secondary N) is 2. The summed E-state index contributed by atoms with van der Waals surface area (Å²) in [7, 11) is -0.485. The third kappa shape index (κ3) is 5.74. The summed E-state index contributed by atoms with van der Waals surface area (Å²) in [5, 5.41) is 16.6. The zero-order chi connectivity index (χ0) is 29.4. The maximum Gasteiger partial charge on any atom is 0.232 e. The number of nitrogens with zero attached hydrogens (tertiary/aromatic N) is 6. The molecule has 4 aromatic rings. The van der Waals surface area contributed by atoms with Crippen LogP contribution < -0.4 is 24.6 Å². The summed E-state index contributed by atoms with van der Waals surface area (Å²) < 4.78 is 32.1. The zero-order valence-corrected chi connectivity index (χ0v) is 24.6. The van der Waals surface area contributed by atoms with Crippen molar-refractivity contribution < 1.29 is 18.3 Å². The molecular formula is C29H34N8O4S. The molecule has 2 aromatic carbocycles. The SMILES string of the molecule is COc1ccc(N2CCC(O)CC2)cc1Nc1ncc(C2CC2)c(Nc2ccc3nccnc3c2N(C)S(C)(=O)=O)n1. The first-order valence-corrected chi connectivity index (χ1v) is 15.8. The van der Waals surface area contributed by atoms with Gasteiger partial charge < -0.3 is 25.4 Å². The minimum Gasteiger partial charge on any atom is -0.495 e. The molecule has 42 heavy (non-hydrogen) atoms. The van der Waals surface area contributed by atoms with Crippen LogP contribution in [0.5, 0.6) is 5.75 Å². The monoisotopic (exact) mass is 590 g/mol. The minimum atomic E-state index is -3.60. The smallest absolute Gasteiger partial charge is 0.232 e. The number of aromatic nitrogens is 4. The number of piperidine rings is 1. The first-order valence-electron chi connectivity index (χ1n) is 13.9. The lowest BCUT2D eigenvalue weighted by Crippen LogP contribution is -2.35. The molecular weight excluding hydrogens is 556 g/mol. The van der Waals surface area contributed by atoms with Crippen molar-refractivity contribution in [1.29, 1.82) is 0 Å². The first-order chi connectivity index (χ1) is 20.2. The highest BCUT2D eigenvalue weighted by Crippen LogP contribution is 2.45. The Bertz CT molecular complexity index is 1720. The van der Waals surface area contributed by atoms with Gasteiger partial charge in [0.25, 0.3) is 0 Å². The van der Waals surface area contributed by atoms with E-state index in [4.69, 9.17) is 9.72 Å². The maximum atomic E-state index is 12.6. The molecule has 6 rings (SSSR count). The molecule has 0 spiro atoms. The van der Waals surface area contributed by atoms with Crippen molar-refractivity contribution in [2.24, 2.45) is 0 Å². The number of hydrogen-bond donors (Lipinski definition) is 3. The Morgan fingerprint density at radius 3 is 2.48 bits per heavy atom. The Balaban J connectivity index is 1.36. The van der Waals surface area contributed by atoms with Crippen molar-refractivity contribution >= 4 is 55.6 Å². The highest BCUT2D eigenvalue weighted by atomic mass is 32.2. The third-order valence-electron chi connectivity index (χ3n) is 7.77. The van der Waals surface area contributed by atoms with Crippen LogP contribution in [0.25, 0.3) is 11.0 Å². The van der Waals surface area contributed by atoms with Crippen LogP contribution in [0, 0.1) is 0 Å². The molecule has 1 aliphatic carbocycles. The van der Waals surface area contributed by atoms with Gasteiger partial charge in [0.05, 0.1) is 36.4 Å². The summed E-state index contributed by atoms with van der Waals surface area (Å²) in [5.41, 5.74) is 4.65. The second-order valence-corrected chi connectivity index (χ2v) is 12.8. The topological polar surface area (TPSA) is 146 Å². The molecule has 1 saturated carbocycles. The van der Waals surface area contributed by atoms with Gasteiger partial charge in [0.1, 0.15) is 22.8 Å². The molecule has 0 bridgehead atoms. The van der Waals surface area contributed by atoms with Crippen LogP contribution in [0.2, 0.25) is 0 Å². The van der Waals surface area contributed by atoms with Crippen LogP contribution in [0.3, 0.4) is 0 Å². The normalized spacial score (nSPS) is 16.0. The van der Waals surface area contributed by atoms with Gasteiger partial charge in [0.15, 0.2) is 0 Å². The summed E-state index contributed by atoms with van der Waals surface area (Å²) in [6.45, 7) is 1.54. The van der Waals surface area contributed by atoms with Gasteiger partial charge in [-0.2, -0.15) is 4.98 Å². The van der Waals surface area contributed by atoms with Crippen LogP contribution >= 0.6 is 0 Å². The number of hydrogen-bond acceptors (Lipinski definition) is 11. The van der Waals surface area contributed by atoms with Gasteiger partial charge in [0.2, 0.25) is 16.0 Å². The number of anilines is 6. The molecule has 2 fully saturated rings. The highest BCUT2D eigenvalue weighted by molar-refractivity contribution is 7.92. The number of fused-ring (bicyclic) bond motifs is 1. The molecule has 0 unspecified atom stereocenters. The molecule has 13 heteroatoms. The molecule has 12 nitrogen and oxygen atoms in total. The van der Waals surface area contributed by atoms with Crippen molar-refractivity contribution in [3.05, 3.63) is 54.5 Å². The quantitative estimate of drug-likeness (QED) is 0.258. The molecule has 2 aliphatic rings. The Morgan fingerprint density at radius 2 is 1.76 bits per heavy atom. The number of aliphatic hydroxyl groups is 1. The Labute approximate surface area is 244 Å². The number of benzene rings is 2. The van der Waals surface area contributed by atoms with Gasteiger partial charge in [0, 0.05) is 50.0 Å². The van der Waals surface area contributed by atoms with E-state index in [1.807, 2.05) is 24.4 Å². The summed E-state index contributed by atoms with van der Waals surface area (Å²) in [5.74, 6) is 1.92. The molecule has 3 heterocycles. The van der Waals surface area contributed by atoms with E-state index in [1.165, 1.54) is 11.4 Å². The largest absolute Gasteiger partial charge is 0.495 e. The van der Waals surface area contributed by atoms with E-state index < -0.39 is 10.0 Å². The number of aliphatic hydroxyl groups excluding tert-OH is 1. The van der Waals surface area contributed by atoms with Gasteiger partial charge in [-0.15, -0.1) is 0 Å². The standard InChI is InChI=1S/C29H34N8O4S/c1-36(42(3,39)40)27-23(8-7-22-26(27)31-13-12-30-22)33-28-21(18-4-5-18)17-32-29(35-28)34-24-16-19(6-9-25(24)41-2)37-14-10-20(38)11-15-37/h6-9,12-13,16-18,20,38H,4-5,10-11,14-15H2,1-3H3,(H2,32,33,34,35). The molecule has 0 radical (unpaired) electrons. The Kier molecular flexibility index (Phi) is 7.45. The lowest BCUT2D eigenvalue weighted by atomic mass is 10.1. The second kappa shape index (κ2) is 11.2. The van der Waals surface area contributed by atoms with Gasteiger partial charge in [-0.3, -0.25) is 14.3 Å². The zero-order valence-electron chi connectivity index (χ0n) is 23.8. The van der Waals surface area contributed by atoms with E-state index in [-0.39, 0.29) is 6.10 Å². The average Bonchev–Trinajstić information content (AvgIpc) is 3.82. The number of rotatable bonds is 9. The van der Waals surface area contributed by atoms with Crippen LogP contribution in [0.15, 0.2) is 48.9 Å². The van der Waals surface area contributed by atoms with Crippen LogP contribution in [0.1, 0.15) is 37.2 Å². The first kappa shape index (κ1) is 27.9. The number of methoxy groups -OCH3 is 1. The van der Waals surface area contributed by atoms with E-state index >= 15 is 0 Å². The summed E-state index contributed by atoms with van der Waals surface area (Å²) in [4.78, 5) is 20.5. The lowest BCUT2D eigenvalue weighted by Gasteiger charge is -2.32. The van der Waals surface area contributed by atoms with Crippen LogP contribution in [0.4, 0.5) is 34.5 Å². The van der Waals surface area contributed by atoms with Crippen molar-refractivity contribution in [3.8, 4) is 5.75 Å². The second-order valence-electron chi connectivity index (χ2n) is 10.7. The third-order valence-corrected chi connectivity index (χ3v) is 8.95. The van der Waals surface area contributed by atoms with Crippen molar-refractivity contribution in [1.82, 2.24) is 19.9 Å². The molecule has 1 saturated heterocycles. The van der Waals surface area contributed by atoms with E-state index in [2.05, 4.69) is 30.5 Å². The highest BCUT2D eigenvalue weighted by Gasteiger charge is 2.29. The fraction of sp³-hybridized carbons (Fsp3) is 0.379. The van der Waals surface area contributed by atoms with E-state index in [0.29, 0.717) is 51.5 Å². The van der Waals surface area contributed by atoms with Gasteiger partial charge >= 0.3 is 0 Å². The van der Waals surface area contributed by atoms with Crippen molar-refractivity contribution in [3.63, 3.8) is 0 Å². The van der Waals surface area contributed by atoms with Gasteiger partial charge in [-0.25, -0.2) is 13.4 Å². The van der Waals surface area contributed by atoms with Gasteiger partial charge in [-0.1, -0.05) is 0 Å². The number of sulfonamides is 1. The Morgan fingerprint density at radius 1 is 1.00 bits per heavy atom. The van der Waals surface area contributed by atoms with E-state index in [9.17, 15) is 13.5 Å². The molecule has 3 N–H and O–H groups in total. The number of ether oxygens (including phenoxy) is 1. The Hall–Kier alpha value is -4.23. The van der Waals surface area contributed by atoms with Crippen LogP contribution in [-0.2, 0) is 10.0 Å². The lowest BCUT2D eigenvalue weighted by molar-refractivity contribution is 0.145. The summed E-state index contributed by atoms with van der Waals surface area (Å²) >= 11 is 0. The predicted octanol–water partition coefficient (Wildman–Crippen LogP) is 4.15. The molecule has 2 aromatic heterocycles. The van der Waals surface area contributed by atoms with Crippen molar-refractivity contribution in [2.75, 3.05) is 53.3 Å². The van der Waals surface area contributed by atoms with E-state index in [1.54, 1.807) is 31.6 Å².